The Morgan fingerprint density at radius 2 is 2.00 bits per heavy atom. The summed E-state index contributed by atoms with van der Waals surface area (Å²) in [6.07, 6.45) is 1.27. The second-order valence-electron chi connectivity index (χ2n) is 5.37. The first-order valence-corrected chi connectivity index (χ1v) is 6.19. The van der Waals surface area contributed by atoms with Crippen molar-refractivity contribution in [3.63, 3.8) is 0 Å². The van der Waals surface area contributed by atoms with Gasteiger partial charge in [-0.2, -0.15) is 0 Å². The van der Waals surface area contributed by atoms with Crippen LogP contribution in [0.5, 0.6) is 0 Å². The van der Waals surface area contributed by atoms with Gasteiger partial charge in [0.15, 0.2) is 0 Å². The highest BCUT2D eigenvalue weighted by atomic mass is 15.2. The zero-order valence-corrected chi connectivity index (χ0v) is 10.7. The van der Waals surface area contributed by atoms with Gasteiger partial charge in [0.05, 0.1) is 0 Å². The summed E-state index contributed by atoms with van der Waals surface area (Å²) in [5.74, 6) is 0.582. The Balaban J connectivity index is 2.45. The third kappa shape index (κ3) is 4.09. The van der Waals surface area contributed by atoms with Crippen molar-refractivity contribution >= 4 is 0 Å². The fraction of sp³-hybridized carbons (Fsp3) is 1.00. The molecule has 90 valence electrons. The van der Waals surface area contributed by atoms with Crippen LogP contribution in [0.2, 0.25) is 0 Å². The molecule has 0 aromatic carbocycles. The summed E-state index contributed by atoms with van der Waals surface area (Å²) in [6, 6.07) is 0.957. The van der Waals surface area contributed by atoms with E-state index in [1.807, 2.05) is 0 Å². The van der Waals surface area contributed by atoms with Crippen LogP contribution in [0.25, 0.3) is 0 Å². The molecule has 1 fully saturated rings. The van der Waals surface area contributed by atoms with E-state index in [0.29, 0.717) is 18.0 Å². The summed E-state index contributed by atoms with van der Waals surface area (Å²) < 4.78 is 0. The number of nitrogens with zero attached hydrogens (tertiary/aromatic N) is 2. The van der Waals surface area contributed by atoms with Gasteiger partial charge in [0, 0.05) is 25.2 Å². The molecule has 3 heteroatoms. The summed E-state index contributed by atoms with van der Waals surface area (Å²) in [5, 5.41) is 0. The van der Waals surface area contributed by atoms with Crippen molar-refractivity contribution < 1.29 is 0 Å². The van der Waals surface area contributed by atoms with Crippen LogP contribution in [-0.2, 0) is 0 Å². The standard InChI is InChI=1S/C12H27N3/c1-10(2)12(13)9-15-7-5-6-14(4)8-11(15)3/h10-12H,5-9,13H2,1-4H3. The Hall–Kier alpha value is -0.120. The molecule has 3 nitrogen and oxygen atoms in total. The van der Waals surface area contributed by atoms with Gasteiger partial charge in [-0.1, -0.05) is 13.8 Å². The van der Waals surface area contributed by atoms with E-state index in [0.717, 1.165) is 6.54 Å². The van der Waals surface area contributed by atoms with Gasteiger partial charge in [-0.3, -0.25) is 4.90 Å². The monoisotopic (exact) mass is 213 g/mol. The van der Waals surface area contributed by atoms with Gasteiger partial charge in [-0.05, 0) is 39.4 Å². The lowest BCUT2D eigenvalue weighted by Gasteiger charge is -2.31. The highest BCUT2D eigenvalue weighted by Gasteiger charge is 2.21. The van der Waals surface area contributed by atoms with Gasteiger partial charge in [0.1, 0.15) is 0 Å². The molecule has 0 aliphatic carbocycles. The third-order valence-electron chi connectivity index (χ3n) is 3.49. The second-order valence-corrected chi connectivity index (χ2v) is 5.37. The zero-order valence-electron chi connectivity index (χ0n) is 10.7. The molecule has 0 amide bonds. The van der Waals surface area contributed by atoms with E-state index in [1.54, 1.807) is 0 Å². The average Bonchev–Trinajstić information content (AvgIpc) is 2.28. The summed E-state index contributed by atoms with van der Waals surface area (Å²) in [7, 11) is 2.21. The molecule has 1 aliphatic heterocycles. The lowest BCUT2D eigenvalue weighted by atomic mass is 10.0. The molecule has 1 rings (SSSR count). The fourth-order valence-corrected chi connectivity index (χ4v) is 2.17. The third-order valence-corrected chi connectivity index (χ3v) is 3.49. The molecular weight excluding hydrogens is 186 g/mol. The summed E-state index contributed by atoms with van der Waals surface area (Å²) >= 11 is 0. The maximum atomic E-state index is 6.14. The van der Waals surface area contributed by atoms with Gasteiger partial charge in [0.2, 0.25) is 0 Å². The van der Waals surface area contributed by atoms with E-state index in [1.165, 1.54) is 26.1 Å². The molecule has 0 bridgehead atoms. The van der Waals surface area contributed by atoms with Gasteiger partial charge in [0.25, 0.3) is 0 Å². The highest BCUT2D eigenvalue weighted by molar-refractivity contribution is 4.79. The van der Waals surface area contributed by atoms with E-state index in [2.05, 4.69) is 37.6 Å². The Bertz CT molecular complexity index is 182. The zero-order chi connectivity index (χ0) is 11.4. The predicted molar refractivity (Wildman–Crippen MR) is 66.0 cm³/mol. The fourth-order valence-electron chi connectivity index (χ4n) is 2.17. The first-order chi connectivity index (χ1) is 7.00. The molecular formula is C12H27N3. The van der Waals surface area contributed by atoms with E-state index >= 15 is 0 Å². The molecule has 0 saturated carbocycles. The number of likely N-dealkylation sites (N-methyl/N-ethyl adjacent to an activating group) is 1. The minimum Gasteiger partial charge on any atom is -0.326 e. The Labute approximate surface area is 94.6 Å². The number of rotatable bonds is 3. The number of nitrogens with two attached hydrogens (primary N) is 1. The van der Waals surface area contributed by atoms with Crippen molar-refractivity contribution in [2.24, 2.45) is 11.7 Å². The van der Waals surface area contributed by atoms with Gasteiger partial charge < -0.3 is 10.6 Å². The summed E-state index contributed by atoms with van der Waals surface area (Å²) in [5.41, 5.74) is 6.14. The minimum atomic E-state index is 0.316. The highest BCUT2D eigenvalue weighted by Crippen LogP contribution is 2.10. The Morgan fingerprint density at radius 1 is 1.33 bits per heavy atom. The van der Waals surface area contributed by atoms with Gasteiger partial charge >= 0.3 is 0 Å². The SMILES string of the molecule is CC(C)C(N)CN1CCCN(C)CC1C. The number of hydrogen-bond donors (Lipinski definition) is 1. The minimum absolute atomic E-state index is 0.316. The van der Waals surface area contributed by atoms with Gasteiger partial charge in [-0.25, -0.2) is 0 Å². The van der Waals surface area contributed by atoms with Crippen LogP contribution in [0.1, 0.15) is 27.2 Å². The molecule has 15 heavy (non-hydrogen) atoms. The van der Waals surface area contributed by atoms with E-state index in [-0.39, 0.29) is 0 Å². The second kappa shape index (κ2) is 5.83. The van der Waals surface area contributed by atoms with Crippen molar-refractivity contribution in [3.8, 4) is 0 Å². The first-order valence-electron chi connectivity index (χ1n) is 6.19. The smallest absolute Gasteiger partial charge is 0.0195 e. The van der Waals surface area contributed by atoms with Crippen molar-refractivity contribution in [1.82, 2.24) is 9.80 Å². The molecule has 0 aromatic rings. The molecule has 0 radical (unpaired) electrons. The lowest BCUT2D eigenvalue weighted by molar-refractivity contribution is 0.180. The van der Waals surface area contributed by atoms with Crippen LogP contribution < -0.4 is 5.73 Å². The van der Waals surface area contributed by atoms with Crippen molar-refractivity contribution in [1.29, 1.82) is 0 Å². The molecule has 1 saturated heterocycles. The van der Waals surface area contributed by atoms with Crippen molar-refractivity contribution in [3.05, 3.63) is 0 Å². The maximum absolute atomic E-state index is 6.14. The van der Waals surface area contributed by atoms with Crippen molar-refractivity contribution in [2.45, 2.75) is 39.3 Å². The molecule has 2 unspecified atom stereocenters. The summed E-state index contributed by atoms with van der Waals surface area (Å²) in [6.45, 7) is 11.4. The topological polar surface area (TPSA) is 32.5 Å². The van der Waals surface area contributed by atoms with E-state index < -0.39 is 0 Å². The summed E-state index contributed by atoms with van der Waals surface area (Å²) in [4.78, 5) is 4.97. The Kier molecular flexibility index (Phi) is 5.03. The van der Waals surface area contributed by atoms with E-state index in [9.17, 15) is 0 Å². The Morgan fingerprint density at radius 3 is 2.60 bits per heavy atom. The first kappa shape index (κ1) is 12.9. The van der Waals surface area contributed by atoms with Crippen LogP contribution in [0.4, 0.5) is 0 Å². The molecule has 2 atom stereocenters. The van der Waals surface area contributed by atoms with Crippen LogP contribution in [-0.4, -0.2) is 55.1 Å². The molecule has 1 aliphatic rings. The molecule has 0 spiro atoms. The quantitative estimate of drug-likeness (QED) is 0.759. The van der Waals surface area contributed by atoms with Crippen LogP contribution in [0.3, 0.4) is 0 Å². The number of hydrogen-bond acceptors (Lipinski definition) is 3. The van der Waals surface area contributed by atoms with Crippen LogP contribution in [0.15, 0.2) is 0 Å². The molecule has 2 N–H and O–H groups in total. The predicted octanol–water partition coefficient (Wildman–Crippen LogP) is 0.996. The van der Waals surface area contributed by atoms with Crippen LogP contribution >= 0.6 is 0 Å². The molecule has 1 heterocycles. The lowest BCUT2D eigenvalue weighted by Crippen LogP contribution is -2.46. The van der Waals surface area contributed by atoms with E-state index in [4.69, 9.17) is 5.73 Å². The average molecular weight is 213 g/mol. The maximum Gasteiger partial charge on any atom is 0.0195 e. The largest absolute Gasteiger partial charge is 0.326 e. The normalized spacial score (nSPS) is 28.0. The van der Waals surface area contributed by atoms with Gasteiger partial charge in [-0.15, -0.1) is 0 Å². The van der Waals surface area contributed by atoms with Crippen LogP contribution in [0, 0.1) is 5.92 Å². The van der Waals surface area contributed by atoms with Crippen molar-refractivity contribution in [2.75, 3.05) is 33.2 Å². The molecule has 0 aromatic heterocycles.